The number of benzene rings is 1. The molecule has 0 saturated heterocycles. The Morgan fingerprint density at radius 3 is 2.69 bits per heavy atom. The van der Waals surface area contributed by atoms with Crippen LogP contribution in [0, 0.1) is 0 Å². The molecule has 0 fully saturated rings. The molecule has 0 unspecified atom stereocenters. The van der Waals surface area contributed by atoms with Crippen LogP contribution in [0.25, 0.3) is 5.03 Å². The van der Waals surface area contributed by atoms with Crippen LogP contribution in [0.2, 0.25) is 0 Å². The van der Waals surface area contributed by atoms with E-state index in [-0.39, 0.29) is 0 Å². The average molecular weight is 195 g/mol. The fraction of sp³-hybridized carbons (Fsp3) is 0.333. The Balaban J connectivity index is 2.84. The Bertz CT molecular complexity index is 289. The third-order valence-electron chi connectivity index (χ3n) is 2.11. The number of unbranched alkanes of at least 4 members (excludes halogenated alkanes) is 1. The van der Waals surface area contributed by atoms with Gasteiger partial charge in [0, 0.05) is 5.03 Å². The topological polar surface area (TPSA) is 0 Å². The zero-order valence-corrected chi connectivity index (χ0v) is 8.77. The van der Waals surface area contributed by atoms with Crippen LogP contribution in [0.3, 0.4) is 0 Å². The average Bonchev–Trinajstić information content (AvgIpc) is 2.15. The van der Waals surface area contributed by atoms with Crippen LogP contribution in [0.15, 0.2) is 30.8 Å². The van der Waals surface area contributed by atoms with Gasteiger partial charge in [-0.15, -0.1) is 0 Å². The largest absolute Gasteiger partial charge is 0.0843 e. The summed E-state index contributed by atoms with van der Waals surface area (Å²) >= 11 is 5.89. The molecular formula is C12H15Cl. The molecule has 1 aromatic rings. The molecule has 1 rings (SSSR count). The highest BCUT2D eigenvalue weighted by atomic mass is 35.5. The van der Waals surface area contributed by atoms with E-state index in [1.54, 1.807) is 0 Å². The van der Waals surface area contributed by atoms with Crippen LogP contribution < -0.4 is 0 Å². The van der Waals surface area contributed by atoms with Gasteiger partial charge in [0.05, 0.1) is 0 Å². The fourth-order valence-electron chi connectivity index (χ4n) is 1.37. The Kier molecular flexibility index (Phi) is 4.04. The highest BCUT2D eigenvalue weighted by Gasteiger charge is 2.01. The fourth-order valence-corrected chi connectivity index (χ4v) is 1.55. The SMILES string of the molecule is C=C(Cl)c1ccccc1CCCC. The molecular weight excluding hydrogens is 180 g/mol. The molecule has 13 heavy (non-hydrogen) atoms. The summed E-state index contributed by atoms with van der Waals surface area (Å²) in [6.45, 7) is 5.95. The van der Waals surface area contributed by atoms with E-state index in [1.165, 1.54) is 18.4 Å². The molecule has 0 aliphatic heterocycles. The second-order valence-corrected chi connectivity index (χ2v) is 3.62. The van der Waals surface area contributed by atoms with Gasteiger partial charge >= 0.3 is 0 Å². The molecule has 0 amide bonds. The second kappa shape index (κ2) is 5.08. The van der Waals surface area contributed by atoms with E-state index in [2.05, 4.69) is 19.6 Å². The molecule has 0 aliphatic carbocycles. The summed E-state index contributed by atoms with van der Waals surface area (Å²) in [4.78, 5) is 0. The molecule has 1 aromatic carbocycles. The maximum Gasteiger partial charge on any atom is 0.0409 e. The van der Waals surface area contributed by atoms with Crippen molar-refractivity contribution in [1.29, 1.82) is 0 Å². The first kappa shape index (κ1) is 10.3. The first-order chi connectivity index (χ1) is 6.25. The molecule has 1 heteroatoms. The summed E-state index contributed by atoms with van der Waals surface area (Å²) in [7, 11) is 0. The van der Waals surface area contributed by atoms with E-state index in [1.807, 2.05) is 18.2 Å². The highest BCUT2D eigenvalue weighted by Crippen LogP contribution is 2.22. The molecule has 0 aliphatic rings. The number of halogens is 1. The lowest BCUT2D eigenvalue weighted by Gasteiger charge is -2.06. The number of hydrogen-bond donors (Lipinski definition) is 0. The smallest absolute Gasteiger partial charge is 0.0409 e. The van der Waals surface area contributed by atoms with E-state index >= 15 is 0 Å². The minimum absolute atomic E-state index is 0.645. The summed E-state index contributed by atoms with van der Waals surface area (Å²) in [5, 5.41) is 0.645. The van der Waals surface area contributed by atoms with Crippen LogP contribution in [0.1, 0.15) is 30.9 Å². The van der Waals surface area contributed by atoms with Crippen LogP contribution in [-0.2, 0) is 6.42 Å². The second-order valence-electron chi connectivity index (χ2n) is 3.17. The number of hydrogen-bond acceptors (Lipinski definition) is 0. The lowest BCUT2D eigenvalue weighted by molar-refractivity contribution is 0.794. The van der Waals surface area contributed by atoms with E-state index in [0.29, 0.717) is 5.03 Å². The van der Waals surface area contributed by atoms with E-state index in [4.69, 9.17) is 11.6 Å². The first-order valence-corrected chi connectivity index (χ1v) is 5.06. The van der Waals surface area contributed by atoms with Crippen molar-refractivity contribution in [2.45, 2.75) is 26.2 Å². The Hall–Kier alpha value is -0.750. The summed E-state index contributed by atoms with van der Waals surface area (Å²) in [5.74, 6) is 0. The first-order valence-electron chi connectivity index (χ1n) is 4.68. The van der Waals surface area contributed by atoms with E-state index in [9.17, 15) is 0 Å². The van der Waals surface area contributed by atoms with E-state index < -0.39 is 0 Å². The van der Waals surface area contributed by atoms with Crippen LogP contribution >= 0.6 is 11.6 Å². The summed E-state index contributed by atoms with van der Waals surface area (Å²) in [6.07, 6.45) is 3.52. The van der Waals surface area contributed by atoms with Gasteiger partial charge in [-0.3, -0.25) is 0 Å². The minimum Gasteiger partial charge on any atom is -0.0843 e. The number of rotatable bonds is 4. The van der Waals surface area contributed by atoms with Crippen molar-refractivity contribution in [3.05, 3.63) is 42.0 Å². The van der Waals surface area contributed by atoms with Gasteiger partial charge in [-0.2, -0.15) is 0 Å². The molecule has 0 saturated carbocycles. The standard InChI is InChI=1S/C12H15Cl/c1-3-4-7-11-8-5-6-9-12(11)10(2)13/h5-6,8-9H,2-4,7H2,1H3. The Morgan fingerprint density at radius 2 is 2.08 bits per heavy atom. The maximum absolute atomic E-state index is 5.89. The predicted molar refractivity (Wildman–Crippen MR) is 59.9 cm³/mol. The molecule has 0 radical (unpaired) electrons. The van der Waals surface area contributed by atoms with Gasteiger partial charge in [-0.1, -0.05) is 55.8 Å². The van der Waals surface area contributed by atoms with Gasteiger partial charge < -0.3 is 0 Å². The van der Waals surface area contributed by atoms with E-state index in [0.717, 1.165) is 12.0 Å². The monoisotopic (exact) mass is 194 g/mol. The zero-order valence-electron chi connectivity index (χ0n) is 8.02. The normalized spacial score (nSPS) is 10.0. The van der Waals surface area contributed by atoms with Crippen LogP contribution in [0.4, 0.5) is 0 Å². The van der Waals surface area contributed by atoms with Gasteiger partial charge in [0.2, 0.25) is 0 Å². The van der Waals surface area contributed by atoms with Crippen molar-refractivity contribution in [2.75, 3.05) is 0 Å². The van der Waals surface area contributed by atoms with Gasteiger partial charge in [-0.25, -0.2) is 0 Å². The van der Waals surface area contributed by atoms with Gasteiger partial charge in [0.25, 0.3) is 0 Å². The molecule has 0 heterocycles. The molecule has 0 nitrogen and oxygen atoms in total. The van der Waals surface area contributed by atoms with Crippen molar-refractivity contribution in [3.8, 4) is 0 Å². The number of aryl methyl sites for hydroxylation is 1. The molecule has 0 bridgehead atoms. The van der Waals surface area contributed by atoms with Crippen molar-refractivity contribution in [2.24, 2.45) is 0 Å². The third kappa shape index (κ3) is 2.89. The molecule has 70 valence electrons. The van der Waals surface area contributed by atoms with Crippen molar-refractivity contribution in [3.63, 3.8) is 0 Å². The summed E-state index contributed by atoms with van der Waals surface area (Å²) < 4.78 is 0. The zero-order chi connectivity index (χ0) is 9.68. The van der Waals surface area contributed by atoms with Gasteiger partial charge in [0.1, 0.15) is 0 Å². The van der Waals surface area contributed by atoms with Crippen LogP contribution in [0.5, 0.6) is 0 Å². The van der Waals surface area contributed by atoms with Gasteiger partial charge in [-0.05, 0) is 24.0 Å². The lowest BCUT2D eigenvalue weighted by Crippen LogP contribution is -1.90. The van der Waals surface area contributed by atoms with Crippen molar-refractivity contribution < 1.29 is 0 Å². The van der Waals surface area contributed by atoms with Crippen molar-refractivity contribution >= 4 is 16.6 Å². The lowest BCUT2D eigenvalue weighted by atomic mass is 10.0. The third-order valence-corrected chi connectivity index (χ3v) is 2.31. The molecule has 0 spiro atoms. The van der Waals surface area contributed by atoms with Crippen molar-refractivity contribution in [1.82, 2.24) is 0 Å². The maximum atomic E-state index is 5.89. The van der Waals surface area contributed by atoms with Crippen LogP contribution in [-0.4, -0.2) is 0 Å². The summed E-state index contributed by atoms with van der Waals surface area (Å²) in [5.41, 5.74) is 2.40. The molecule has 0 aromatic heterocycles. The Morgan fingerprint density at radius 1 is 1.38 bits per heavy atom. The highest BCUT2D eigenvalue weighted by molar-refractivity contribution is 6.48. The summed E-state index contributed by atoms with van der Waals surface area (Å²) in [6, 6.07) is 8.20. The Labute approximate surface area is 85.2 Å². The predicted octanol–water partition coefficient (Wildman–Crippen LogP) is 4.24. The van der Waals surface area contributed by atoms with Gasteiger partial charge in [0.15, 0.2) is 0 Å². The quantitative estimate of drug-likeness (QED) is 0.673. The molecule has 0 atom stereocenters. The minimum atomic E-state index is 0.645. The molecule has 0 N–H and O–H groups in total.